The Labute approximate surface area is 159 Å². The molecule has 2 aromatic heterocycles. The second kappa shape index (κ2) is 9.43. The Morgan fingerprint density at radius 2 is 2.15 bits per heavy atom. The van der Waals surface area contributed by atoms with Gasteiger partial charge in [0.1, 0.15) is 5.76 Å². The van der Waals surface area contributed by atoms with Crippen LogP contribution in [0.15, 0.2) is 83.2 Å². The summed E-state index contributed by atoms with van der Waals surface area (Å²) in [5.74, 6) is 1.77. The van der Waals surface area contributed by atoms with Crippen LogP contribution < -0.4 is 5.32 Å². The highest BCUT2D eigenvalue weighted by Crippen LogP contribution is 2.09. The predicted molar refractivity (Wildman–Crippen MR) is 108 cm³/mol. The summed E-state index contributed by atoms with van der Waals surface area (Å²) in [6.45, 7) is 5.79. The minimum atomic E-state index is 0.653. The lowest BCUT2D eigenvalue weighted by molar-refractivity contribution is 0.475. The lowest BCUT2D eigenvalue weighted by Crippen LogP contribution is -2.38. The molecule has 0 saturated heterocycles. The number of para-hydroxylation sites is 1. The Morgan fingerprint density at radius 1 is 1.30 bits per heavy atom. The average molecular weight is 363 g/mol. The maximum absolute atomic E-state index is 5.37. The second-order valence-electron chi connectivity index (χ2n) is 6.19. The fourth-order valence-corrected chi connectivity index (χ4v) is 2.71. The lowest BCUT2D eigenvalue weighted by Gasteiger charge is -2.21. The number of furan rings is 1. The van der Waals surface area contributed by atoms with Crippen LogP contribution in [0.5, 0.6) is 0 Å². The number of benzene rings is 1. The molecule has 0 fully saturated rings. The van der Waals surface area contributed by atoms with Crippen LogP contribution >= 0.6 is 0 Å². The van der Waals surface area contributed by atoms with Crippen LogP contribution in [0.3, 0.4) is 0 Å². The third kappa shape index (κ3) is 5.34. The first-order chi connectivity index (χ1) is 13.3. The standard InChI is InChI=1S/C21H25N5O/c1-3-12-22-21(23-13-11-20-10-7-14-27-20)25(2)16-18-15-24-26(17-18)19-8-5-4-6-9-19/h3-10,14-15,17H,1,11-13,16H2,2H3,(H,22,23). The van der Waals surface area contributed by atoms with Crippen LogP contribution in [-0.2, 0) is 13.0 Å². The summed E-state index contributed by atoms with van der Waals surface area (Å²) in [6.07, 6.45) is 8.21. The van der Waals surface area contributed by atoms with Gasteiger partial charge in [0.05, 0.1) is 18.1 Å². The van der Waals surface area contributed by atoms with E-state index in [-0.39, 0.29) is 0 Å². The average Bonchev–Trinajstić information content (AvgIpc) is 3.37. The number of rotatable bonds is 8. The van der Waals surface area contributed by atoms with Gasteiger partial charge in [-0.05, 0) is 24.3 Å². The molecule has 0 radical (unpaired) electrons. The van der Waals surface area contributed by atoms with Crippen LogP contribution in [0.4, 0.5) is 0 Å². The highest BCUT2D eigenvalue weighted by Gasteiger charge is 2.09. The van der Waals surface area contributed by atoms with Crippen molar-refractivity contribution < 1.29 is 4.42 Å². The van der Waals surface area contributed by atoms with Gasteiger partial charge in [-0.15, -0.1) is 6.58 Å². The first kappa shape index (κ1) is 18.5. The monoisotopic (exact) mass is 363 g/mol. The molecule has 3 rings (SSSR count). The molecule has 0 aliphatic carbocycles. The van der Waals surface area contributed by atoms with E-state index in [1.165, 1.54) is 0 Å². The van der Waals surface area contributed by atoms with E-state index >= 15 is 0 Å². The van der Waals surface area contributed by atoms with Gasteiger partial charge in [-0.25, -0.2) is 4.68 Å². The Hall–Kier alpha value is -3.28. The fourth-order valence-electron chi connectivity index (χ4n) is 2.71. The molecular weight excluding hydrogens is 338 g/mol. The van der Waals surface area contributed by atoms with Crippen molar-refractivity contribution in [3.05, 3.63) is 85.1 Å². The molecular formula is C21H25N5O. The molecule has 6 nitrogen and oxygen atoms in total. The minimum Gasteiger partial charge on any atom is -0.469 e. The number of guanidine groups is 1. The van der Waals surface area contributed by atoms with E-state index in [4.69, 9.17) is 9.41 Å². The predicted octanol–water partition coefficient (Wildman–Crippen LogP) is 3.27. The van der Waals surface area contributed by atoms with Crippen molar-refractivity contribution in [1.82, 2.24) is 20.0 Å². The molecule has 27 heavy (non-hydrogen) atoms. The van der Waals surface area contributed by atoms with Gasteiger partial charge in [-0.2, -0.15) is 5.10 Å². The van der Waals surface area contributed by atoms with E-state index in [9.17, 15) is 0 Å². The van der Waals surface area contributed by atoms with E-state index in [1.807, 2.05) is 72.7 Å². The van der Waals surface area contributed by atoms with Crippen LogP contribution in [-0.4, -0.2) is 40.8 Å². The number of nitrogens with zero attached hydrogens (tertiary/aromatic N) is 4. The maximum Gasteiger partial charge on any atom is 0.194 e. The van der Waals surface area contributed by atoms with Gasteiger partial charge >= 0.3 is 0 Å². The molecule has 0 unspecified atom stereocenters. The van der Waals surface area contributed by atoms with Crippen molar-refractivity contribution in [2.45, 2.75) is 13.0 Å². The SMILES string of the molecule is C=CCNC(=NCCc1ccco1)N(C)Cc1cnn(-c2ccccc2)c1. The maximum atomic E-state index is 5.37. The molecule has 0 amide bonds. The van der Waals surface area contributed by atoms with Gasteiger partial charge in [-0.3, -0.25) is 4.99 Å². The van der Waals surface area contributed by atoms with Crippen molar-refractivity contribution in [2.24, 2.45) is 4.99 Å². The summed E-state index contributed by atoms with van der Waals surface area (Å²) in [5.41, 5.74) is 2.16. The lowest BCUT2D eigenvalue weighted by atomic mass is 10.3. The zero-order chi connectivity index (χ0) is 18.9. The number of hydrogen-bond donors (Lipinski definition) is 1. The quantitative estimate of drug-likeness (QED) is 0.379. The summed E-state index contributed by atoms with van der Waals surface area (Å²) in [5, 5.41) is 7.77. The van der Waals surface area contributed by atoms with Gasteiger partial charge in [-0.1, -0.05) is 24.3 Å². The molecule has 0 saturated carbocycles. The highest BCUT2D eigenvalue weighted by atomic mass is 16.3. The number of aromatic nitrogens is 2. The normalized spacial score (nSPS) is 11.4. The molecule has 1 N–H and O–H groups in total. The summed E-state index contributed by atoms with van der Waals surface area (Å²) in [7, 11) is 2.02. The fraction of sp³-hybridized carbons (Fsp3) is 0.238. The highest BCUT2D eigenvalue weighted by molar-refractivity contribution is 5.79. The third-order valence-corrected chi connectivity index (χ3v) is 4.04. The molecule has 0 aliphatic heterocycles. The topological polar surface area (TPSA) is 58.6 Å². The van der Waals surface area contributed by atoms with Crippen LogP contribution in [0.1, 0.15) is 11.3 Å². The van der Waals surface area contributed by atoms with E-state index < -0.39 is 0 Å². The summed E-state index contributed by atoms with van der Waals surface area (Å²) in [4.78, 5) is 6.77. The smallest absolute Gasteiger partial charge is 0.194 e. The van der Waals surface area contributed by atoms with Crippen LogP contribution in [0.2, 0.25) is 0 Å². The summed E-state index contributed by atoms with van der Waals surface area (Å²) < 4.78 is 7.25. The van der Waals surface area contributed by atoms with Gasteiger partial charge in [0.2, 0.25) is 0 Å². The van der Waals surface area contributed by atoms with E-state index in [2.05, 4.69) is 21.9 Å². The van der Waals surface area contributed by atoms with Crippen LogP contribution in [0.25, 0.3) is 5.69 Å². The van der Waals surface area contributed by atoms with Gasteiger partial charge in [0.15, 0.2) is 5.96 Å². The van der Waals surface area contributed by atoms with Crippen molar-refractivity contribution in [2.75, 3.05) is 20.1 Å². The Bertz CT molecular complexity index is 852. The largest absolute Gasteiger partial charge is 0.469 e. The molecule has 6 heteroatoms. The van der Waals surface area contributed by atoms with Crippen molar-refractivity contribution >= 4 is 5.96 Å². The molecule has 140 valence electrons. The number of aliphatic imine (C=N–C) groups is 1. The van der Waals surface area contributed by atoms with Gasteiger partial charge in [0.25, 0.3) is 0 Å². The summed E-state index contributed by atoms with van der Waals surface area (Å²) in [6, 6.07) is 13.9. The minimum absolute atomic E-state index is 0.653. The zero-order valence-corrected chi connectivity index (χ0v) is 15.6. The zero-order valence-electron chi connectivity index (χ0n) is 15.6. The Balaban J connectivity index is 1.63. The first-order valence-corrected chi connectivity index (χ1v) is 8.98. The van der Waals surface area contributed by atoms with E-state index in [0.29, 0.717) is 19.6 Å². The third-order valence-electron chi connectivity index (χ3n) is 4.04. The molecule has 0 atom stereocenters. The number of hydrogen-bond acceptors (Lipinski definition) is 3. The summed E-state index contributed by atoms with van der Waals surface area (Å²) >= 11 is 0. The van der Waals surface area contributed by atoms with Gasteiger partial charge < -0.3 is 14.6 Å². The second-order valence-corrected chi connectivity index (χ2v) is 6.19. The van der Waals surface area contributed by atoms with E-state index in [0.717, 1.165) is 29.4 Å². The van der Waals surface area contributed by atoms with Crippen LogP contribution in [0, 0.1) is 0 Å². The first-order valence-electron chi connectivity index (χ1n) is 8.98. The van der Waals surface area contributed by atoms with E-state index in [1.54, 1.807) is 6.26 Å². The Kier molecular flexibility index (Phi) is 6.46. The van der Waals surface area contributed by atoms with Crippen molar-refractivity contribution in [1.29, 1.82) is 0 Å². The molecule has 3 aromatic rings. The molecule has 0 bridgehead atoms. The molecule has 0 aliphatic rings. The molecule has 0 spiro atoms. The van der Waals surface area contributed by atoms with Crippen molar-refractivity contribution in [3.8, 4) is 5.69 Å². The van der Waals surface area contributed by atoms with Gasteiger partial charge in [0, 0.05) is 44.9 Å². The number of nitrogens with one attached hydrogen (secondary N) is 1. The molecule has 2 heterocycles. The Morgan fingerprint density at radius 3 is 2.89 bits per heavy atom. The molecule has 1 aromatic carbocycles. The van der Waals surface area contributed by atoms with Crippen molar-refractivity contribution in [3.63, 3.8) is 0 Å².